The quantitative estimate of drug-likeness (QED) is 0.178. The second-order valence-electron chi connectivity index (χ2n) is 10.0. The van der Waals surface area contributed by atoms with Crippen molar-refractivity contribution in [2.24, 2.45) is 4.99 Å². The highest BCUT2D eigenvalue weighted by atomic mass is 32.2. The van der Waals surface area contributed by atoms with Gasteiger partial charge < -0.3 is 10.1 Å². The molecule has 0 bridgehead atoms. The molecule has 0 spiro atoms. The number of nitrogens with zero attached hydrogens (tertiary/aromatic N) is 2. The van der Waals surface area contributed by atoms with E-state index in [9.17, 15) is 13.5 Å². The molecule has 0 unspecified atom stereocenters. The van der Waals surface area contributed by atoms with Gasteiger partial charge in [0.05, 0.1) is 21.9 Å². The summed E-state index contributed by atoms with van der Waals surface area (Å²) in [4.78, 5) is 10.3. The second kappa shape index (κ2) is 11.4. The van der Waals surface area contributed by atoms with Gasteiger partial charge >= 0.3 is 0 Å². The maximum absolute atomic E-state index is 13.2. The van der Waals surface area contributed by atoms with Crippen molar-refractivity contribution < 1.29 is 13.5 Å². The van der Waals surface area contributed by atoms with E-state index in [0.29, 0.717) is 33.9 Å². The fourth-order valence-electron chi connectivity index (χ4n) is 4.42. The Balaban J connectivity index is 1.59. The summed E-state index contributed by atoms with van der Waals surface area (Å²) in [7, 11) is -1.78. The lowest BCUT2D eigenvalue weighted by Crippen LogP contribution is -2.25. The van der Waals surface area contributed by atoms with Crippen LogP contribution in [0.15, 0.2) is 113 Å². The fourth-order valence-corrected chi connectivity index (χ4v) is 5.50. The number of aromatic hydroxyl groups is 1. The number of aromatic nitrogens is 1. The average Bonchev–Trinajstić information content (AvgIpc) is 3.28. The van der Waals surface area contributed by atoms with Crippen LogP contribution in [0.25, 0.3) is 10.9 Å². The highest BCUT2D eigenvalue weighted by Gasteiger charge is 2.22. The largest absolute Gasteiger partial charge is 0.494 e. The van der Waals surface area contributed by atoms with Gasteiger partial charge in [0.2, 0.25) is 0 Å². The van der Waals surface area contributed by atoms with Crippen LogP contribution >= 0.6 is 0 Å². The molecule has 0 radical (unpaired) electrons. The molecule has 3 N–H and O–H groups in total. The zero-order valence-electron chi connectivity index (χ0n) is 22.7. The standard InChI is InChI=1S/C32H32N4O3S/c1-22(2)36(3)21-23-14-16-25(17-15-23)33-31(24-10-6-4-7-11-24)30-28-20-27(18-19-29(28)34-32(30)37)40(38,39)35-26-12-8-5-9-13-26/h4-20,22,34-35,37H,21H2,1-3H3. The maximum atomic E-state index is 13.2. The number of nitrogens with one attached hydrogen (secondary N) is 2. The molecular formula is C32H32N4O3S. The topological polar surface area (TPSA) is 97.8 Å². The SMILES string of the molecule is CC(C)N(C)Cc1ccc(N=C(c2ccccc2)c2c(O)[nH]c3ccc(S(=O)(=O)Nc4ccccc4)cc23)cc1. The number of aromatic amines is 1. The Bertz CT molecular complexity index is 1750. The Morgan fingerprint density at radius 2 is 1.57 bits per heavy atom. The number of sulfonamides is 1. The fraction of sp³-hybridized carbons (Fsp3) is 0.156. The zero-order chi connectivity index (χ0) is 28.3. The van der Waals surface area contributed by atoms with E-state index in [1.54, 1.807) is 36.4 Å². The summed E-state index contributed by atoms with van der Waals surface area (Å²) in [6.07, 6.45) is 0. The van der Waals surface area contributed by atoms with Gasteiger partial charge in [-0.2, -0.15) is 0 Å². The van der Waals surface area contributed by atoms with Gasteiger partial charge in [0.15, 0.2) is 5.88 Å². The van der Waals surface area contributed by atoms with Gasteiger partial charge in [0, 0.05) is 34.7 Å². The molecule has 40 heavy (non-hydrogen) atoms. The number of hydrogen-bond donors (Lipinski definition) is 3. The predicted molar refractivity (Wildman–Crippen MR) is 162 cm³/mol. The van der Waals surface area contributed by atoms with Crippen LogP contribution in [-0.4, -0.2) is 42.2 Å². The van der Waals surface area contributed by atoms with Crippen molar-refractivity contribution in [1.29, 1.82) is 0 Å². The molecule has 5 rings (SSSR count). The lowest BCUT2D eigenvalue weighted by Gasteiger charge is -2.20. The second-order valence-corrected chi connectivity index (χ2v) is 11.7. The minimum atomic E-state index is -3.87. The average molecular weight is 553 g/mol. The highest BCUT2D eigenvalue weighted by Crippen LogP contribution is 2.33. The smallest absolute Gasteiger partial charge is 0.261 e. The Kier molecular flexibility index (Phi) is 7.73. The summed E-state index contributed by atoms with van der Waals surface area (Å²) < 4.78 is 29.1. The van der Waals surface area contributed by atoms with E-state index in [0.717, 1.165) is 17.8 Å². The van der Waals surface area contributed by atoms with Crippen LogP contribution in [0, 0.1) is 0 Å². The summed E-state index contributed by atoms with van der Waals surface area (Å²) in [6.45, 7) is 5.14. The normalized spacial score (nSPS) is 12.4. The lowest BCUT2D eigenvalue weighted by molar-refractivity contribution is 0.266. The minimum absolute atomic E-state index is 0.0788. The first-order chi connectivity index (χ1) is 19.2. The van der Waals surface area contributed by atoms with E-state index in [-0.39, 0.29) is 10.8 Å². The molecule has 1 heterocycles. The third-order valence-electron chi connectivity index (χ3n) is 6.86. The lowest BCUT2D eigenvalue weighted by atomic mass is 10.0. The number of H-pyrrole nitrogens is 1. The van der Waals surface area contributed by atoms with Crippen LogP contribution in [0.2, 0.25) is 0 Å². The zero-order valence-corrected chi connectivity index (χ0v) is 23.5. The van der Waals surface area contributed by atoms with Gasteiger partial charge in [-0.1, -0.05) is 60.7 Å². The van der Waals surface area contributed by atoms with Crippen molar-refractivity contribution in [3.05, 3.63) is 120 Å². The molecule has 0 saturated heterocycles. The molecule has 0 fully saturated rings. The van der Waals surface area contributed by atoms with E-state index in [4.69, 9.17) is 4.99 Å². The summed E-state index contributed by atoms with van der Waals surface area (Å²) in [6, 6.07) is 31.5. The summed E-state index contributed by atoms with van der Waals surface area (Å²) in [5.41, 5.74) is 4.71. The van der Waals surface area contributed by atoms with Crippen molar-refractivity contribution in [3.8, 4) is 5.88 Å². The van der Waals surface area contributed by atoms with Gasteiger partial charge in [0.1, 0.15) is 0 Å². The van der Waals surface area contributed by atoms with Gasteiger partial charge in [-0.15, -0.1) is 0 Å². The molecule has 7 nitrogen and oxygen atoms in total. The van der Waals surface area contributed by atoms with Gasteiger partial charge in [0.25, 0.3) is 10.0 Å². The van der Waals surface area contributed by atoms with Crippen LogP contribution in [-0.2, 0) is 16.6 Å². The van der Waals surface area contributed by atoms with Crippen molar-refractivity contribution >= 4 is 38.0 Å². The predicted octanol–water partition coefficient (Wildman–Crippen LogP) is 6.68. The molecule has 4 aromatic carbocycles. The van der Waals surface area contributed by atoms with Crippen molar-refractivity contribution in [2.45, 2.75) is 31.3 Å². The molecule has 5 aromatic rings. The molecule has 0 atom stereocenters. The molecular weight excluding hydrogens is 520 g/mol. The Morgan fingerprint density at radius 1 is 0.925 bits per heavy atom. The molecule has 1 aromatic heterocycles. The first kappa shape index (κ1) is 27.2. The van der Waals surface area contributed by atoms with Crippen LogP contribution in [0.5, 0.6) is 5.88 Å². The van der Waals surface area contributed by atoms with E-state index in [1.807, 2.05) is 48.5 Å². The molecule has 0 amide bonds. The van der Waals surface area contributed by atoms with Crippen molar-refractivity contribution in [3.63, 3.8) is 0 Å². The molecule has 204 valence electrons. The molecule has 0 aliphatic heterocycles. The summed E-state index contributed by atoms with van der Waals surface area (Å²) >= 11 is 0. The first-order valence-corrected chi connectivity index (χ1v) is 14.6. The number of benzene rings is 4. The third kappa shape index (κ3) is 5.93. The summed E-state index contributed by atoms with van der Waals surface area (Å²) in [5, 5.41) is 11.6. The number of anilines is 1. The van der Waals surface area contributed by atoms with Gasteiger partial charge in [-0.05, 0) is 68.9 Å². The Morgan fingerprint density at radius 3 is 2.23 bits per heavy atom. The van der Waals surface area contributed by atoms with Crippen LogP contribution in [0.4, 0.5) is 11.4 Å². The number of para-hydroxylation sites is 1. The van der Waals surface area contributed by atoms with Gasteiger partial charge in [-0.25, -0.2) is 13.4 Å². The van der Waals surface area contributed by atoms with E-state index >= 15 is 0 Å². The van der Waals surface area contributed by atoms with Crippen molar-refractivity contribution in [2.75, 3.05) is 11.8 Å². The highest BCUT2D eigenvalue weighted by molar-refractivity contribution is 7.92. The molecule has 0 aliphatic rings. The molecule has 0 saturated carbocycles. The van der Waals surface area contributed by atoms with E-state index in [1.165, 1.54) is 11.6 Å². The monoisotopic (exact) mass is 552 g/mol. The maximum Gasteiger partial charge on any atom is 0.261 e. The van der Waals surface area contributed by atoms with Gasteiger partial charge in [-0.3, -0.25) is 9.62 Å². The van der Waals surface area contributed by atoms with Crippen LogP contribution in [0.1, 0.15) is 30.5 Å². The number of hydrogen-bond acceptors (Lipinski definition) is 5. The number of rotatable bonds is 9. The number of aliphatic imine (C=N–C) groups is 1. The van der Waals surface area contributed by atoms with Crippen molar-refractivity contribution in [1.82, 2.24) is 9.88 Å². The number of fused-ring (bicyclic) bond motifs is 1. The van der Waals surface area contributed by atoms with E-state index < -0.39 is 10.0 Å². The first-order valence-electron chi connectivity index (χ1n) is 13.1. The van der Waals surface area contributed by atoms with E-state index in [2.05, 4.69) is 47.6 Å². The summed E-state index contributed by atoms with van der Waals surface area (Å²) in [5.74, 6) is -0.0849. The Hall–Kier alpha value is -4.40. The third-order valence-corrected chi connectivity index (χ3v) is 8.24. The molecule has 0 aliphatic carbocycles. The van der Waals surface area contributed by atoms with Crippen LogP contribution < -0.4 is 4.72 Å². The molecule has 8 heteroatoms. The Labute approximate surface area is 234 Å². The minimum Gasteiger partial charge on any atom is -0.494 e. The van der Waals surface area contributed by atoms with Crippen LogP contribution in [0.3, 0.4) is 0 Å².